The monoisotopic (exact) mass is 538 g/mol. The Bertz CT molecular complexity index is 1450. The average Bonchev–Trinajstić information content (AvgIpc) is 2.85. The second kappa shape index (κ2) is 11.0. The Morgan fingerprint density at radius 3 is 2.36 bits per heavy atom. The normalized spacial score (nSPS) is 14.1. The number of hydrogen-bond donors (Lipinski definition) is 2. The van der Waals surface area contributed by atoms with Gasteiger partial charge in [0.1, 0.15) is 22.7 Å². The summed E-state index contributed by atoms with van der Waals surface area (Å²) >= 11 is 0. The minimum atomic E-state index is -0.827. The van der Waals surface area contributed by atoms with E-state index >= 15 is 0 Å². The third-order valence-corrected chi connectivity index (χ3v) is 6.37. The Kier molecular flexibility index (Phi) is 7.85. The van der Waals surface area contributed by atoms with Gasteiger partial charge in [-0.2, -0.15) is 0 Å². The van der Waals surface area contributed by atoms with E-state index in [2.05, 4.69) is 5.32 Å². The largest absolute Gasteiger partial charge is 0.506 e. The molecule has 4 rings (SSSR count). The van der Waals surface area contributed by atoms with E-state index < -0.39 is 34.2 Å². The Morgan fingerprint density at radius 1 is 1.08 bits per heavy atom. The van der Waals surface area contributed by atoms with E-state index in [1.807, 2.05) is 45.6 Å². The third kappa shape index (κ3) is 6.16. The Hall–Kier alpha value is -4.08. The van der Waals surface area contributed by atoms with E-state index in [9.17, 15) is 23.9 Å². The van der Waals surface area contributed by atoms with Gasteiger partial charge in [0.05, 0.1) is 10.9 Å². The van der Waals surface area contributed by atoms with Crippen molar-refractivity contribution in [3.05, 3.63) is 64.2 Å². The number of carbonyl (C=O) groups excluding carboxylic acids is 2. The van der Waals surface area contributed by atoms with Crippen LogP contribution >= 0.6 is 0 Å². The van der Waals surface area contributed by atoms with Gasteiger partial charge in [0.15, 0.2) is 0 Å². The zero-order chi connectivity index (χ0) is 28.5. The van der Waals surface area contributed by atoms with Crippen LogP contribution in [0.15, 0.2) is 47.3 Å². The summed E-state index contributed by atoms with van der Waals surface area (Å²) in [7, 11) is 0. The molecule has 2 aromatic carbocycles. The van der Waals surface area contributed by atoms with E-state index in [-0.39, 0.29) is 17.7 Å². The van der Waals surface area contributed by atoms with Crippen LogP contribution in [0.25, 0.3) is 10.9 Å². The molecule has 0 bridgehead atoms. The summed E-state index contributed by atoms with van der Waals surface area (Å²) in [6.45, 7) is 11.4. The topological polar surface area (TPSA) is 104 Å². The van der Waals surface area contributed by atoms with Gasteiger partial charge >= 0.3 is 6.09 Å². The summed E-state index contributed by atoms with van der Waals surface area (Å²) in [6, 6.07) is 10.7. The molecule has 2 heterocycles. The van der Waals surface area contributed by atoms with Gasteiger partial charge in [-0.3, -0.25) is 9.59 Å². The zero-order valence-electron chi connectivity index (χ0n) is 23.0. The number of nitrogens with zero attached hydrogens (tertiary/aromatic N) is 3. The molecule has 1 aromatic heterocycles. The highest BCUT2D eigenvalue weighted by Gasteiger charge is 2.29. The van der Waals surface area contributed by atoms with Gasteiger partial charge in [-0.25, -0.2) is 9.18 Å². The number of halogens is 1. The molecule has 0 spiro atoms. The number of rotatable bonds is 5. The molecule has 1 aliphatic rings. The molecule has 0 saturated carbocycles. The minimum Gasteiger partial charge on any atom is -0.506 e. The van der Waals surface area contributed by atoms with Crippen LogP contribution in [0.1, 0.15) is 45.0 Å². The molecule has 0 atom stereocenters. The number of ether oxygens (including phenoxy) is 1. The van der Waals surface area contributed by atoms with E-state index in [0.29, 0.717) is 49.3 Å². The number of hydrogen-bond acceptors (Lipinski definition) is 6. The van der Waals surface area contributed by atoms with Crippen molar-refractivity contribution < 1.29 is 23.8 Å². The number of carbonyl (C=O) groups is 2. The molecule has 3 aromatic rings. The maximum Gasteiger partial charge on any atom is 0.410 e. The molecule has 0 unspecified atom stereocenters. The first-order valence-corrected chi connectivity index (χ1v) is 13.0. The van der Waals surface area contributed by atoms with Crippen LogP contribution < -0.4 is 15.8 Å². The maximum atomic E-state index is 13.7. The van der Waals surface area contributed by atoms with Crippen LogP contribution in [-0.2, 0) is 11.3 Å². The fourth-order valence-electron chi connectivity index (χ4n) is 4.70. The molecule has 10 heteroatoms. The molecular formula is C29H35FN4O5. The first-order chi connectivity index (χ1) is 18.4. The molecule has 0 aliphatic carbocycles. The maximum absolute atomic E-state index is 13.7. The van der Waals surface area contributed by atoms with Crippen LogP contribution in [0.4, 0.5) is 20.6 Å². The summed E-state index contributed by atoms with van der Waals surface area (Å²) in [5.74, 6) is -1.72. The average molecular weight is 539 g/mol. The van der Waals surface area contributed by atoms with Crippen LogP contribution in [0, 0.1) is 11.7 Å². The van der Waals surface area contributed by atoms with Crippen molar-refractivity contribution in [3.8, 4) is 5.75 Å². The molecule has 1 aliphatic heterocycles. The first kappa shape index (κ1) is 27.9. The lowest BCUT2D eigenvalue weighted by atomic mass is 10.0. The van der Waals surface area contributed by atoms with Crippen molar-refractivity contribution >= 4 is 34.3 Å². The predicted octanol–water partition coefficient (Wildman–Crippen LogP) is 4.81. The van der Waals surface area contributed by atoms with Gasteiger partial charge in [-0.15, -0.1) is 0 Å². The molecule has 39 heavy (non-hydrogen) atoms. The van der Waals surface area contributed by atoms with Crippen molar-refractivity contribution in [3.63, 3.8) is 0 Å². The highest BCUT2D eigenvalue weighted by atomic mass is 19.1. The summed E-state index contributed by atoms with van der Waals surface area (Å²) in [5.41, 5.74) is -0.326. The van der Waals surface area contributed by atoms with Crippen molar-refractivity contribution in [1.29, 1.82) is 0 Å². The van der Waals surface area contributed by atoms with Crippen molar-refractivity contribution in [1.82, 2.24) is 9.47 Å². The number of aromatic hydroxyl groups is 1. The number of nitrogens with one attached hydrogen (secondary N) is 1. The van der Waals surface area contributed by atoms with Crippen molar-refractivity contribution in [2.45, 2.75) is 46.8 Å². The molecular weight excluding hydrogens is 503 g/mol. The summed E-state index contributed by atoms with van der Waals surface area (Å²) < 4.78 is 20.7. The lowest BCUT2D eigenvalue weighted by molar-refractivity contribution is 0.0240. The molecule has 0 radical (unpaired) electrons. The van der Waals surface area contributed by atoms with Gasteiger partial charge < -0.3 is 29.5 Å². The van der Waals surface area contributed by atoms with Crippen LogP contribution in [0.2, 0.25) is 0 Å². The van der Waals surface area contributed by atoms with E-state index in [1.165, 1.54) is 22.8 Å². The quantitative estimate of drug-likeness (QED) is 0.483. The van der Waals surface area contributed by atoms with Gasteiger partial charge in [-0.1, -0.05) is 26.0 Å². The molecule has 9 nitrogen and oxygen atoms in total. The Morgan fingerprint density at radius 2 is 1.74 bits per heavy atom. The number of fused-ring (bicyclic) bond motifs is 1. The molecule has 1 fully saturated rings. The standard InChI is InChI=1S/C29H35FN4O5/c1-18(2)17-34-22-11-7-10-21(32-12-14-33(15-13-32)28(38)39-29(3,4)5)23(22)25(35)24(27(34)37)26(36)31-20-9-6-8-19(30)16-20/h6-11,16,18,35H,12-15,17H2,1-5H3,(H,31,36). The molecule has 2 amide bonds. The van der Waals surface area contributed by atoms with Crippen LogP contribution in [-0.4, -0.2) is 58.4 Å². The smallest absolute Gasteiger partial charge is 0.410 e. The van der Waals surface area contributed by atoms with E-state index in [0.717, 1.165) is 6.07 Å². The number of piperazine rings is 1. The van der Waals surface area contributed by atoms with E-state index in [4.69, 9.17) is 4.74 Å². The minimum absolute atomic E-state index is 0.0793. The van der Waals surface area contributed by atoms with Crippen LogP contribution in [0.3, 0.4) is 0 Å². The number of amides is 2. The molecule has 2 N–H and O–H groups in total. The fraction of sp³-hybridized carbons (Fsp3) is 0.414. The number of pyridine rings is 1. The number of anilines is 2. The number of benzene rings is 2. The summed E-state index contributed by atoms with van der Waals surface area (Å²) in [6.07, 6.45) is -0.384. The highest BCUT2D eigenvalue weighted by Crippen LogP contribution is 2.36. The second-order valence-electron chi connectivity index (χ2n) is 11.1. The lowest BCUT2D eigenvalue weighted by Gasteiger charge is -2.37. The third-order valence-electron chi connectivity index (χ3n) is 6.37. The van der Waals surface area contributed by atoms with E-state index in [1.54, 1.807) is 17.0 Å². The molecule has 1 saturated heterocycles. The zero-order valence-corrected chi connectivity index (χ0v) is 23.0. The molecule has 208 valence electrons. The van der Waals surface area contributed by atoms with Gasteiger partial charge in [0.25, 0.3) is 11.5 Å². The first-order valence-electron chi connectivity index (χ1n) is 13.0. The Balaban J connectivity index is 1.75. The van der Waals surface area contributed by atoms with Crippen LogP contribution in [0.5, 0.6) is 5.75 Å². The summed E-state index contributed by atoms with van der Waals surface area (Å²) in [5, 5.41) is 14.3. The van der Waals surface area contributed by atoms with Crippen molar-refractivity contribution in [2.24, 2.45) is 5.92 Å². The SMILES string of the molecule is CC(C)Cn1c(=O)c(C(=O)Nc2cccc(F)c2)c(O)c2c(N3CCN(C(=O)OC(C)(C)C)CC3)cccc21. The highest BCUT2D eigenvalue weighted by molar-refractivity contribution is 6.11. The van der Waals surface area contributed by atoms with Gasteiger partial charge in [0, 0.05) is 44.1 Å². The fourth-order valence-corrected chi connectivity index (χ4v) is 4.70. The lowest BCUT2D eigenvalue weighted by Crippen LogP contribution is -2.50. The number of aromatic nitrogens is 1. The van der Waals surface area contributed by atoms with Gasteiger partial charge in [-0.05, 0) is 57.0 Å². The second-order valence-corrected chi connectivity index (χ2v) is 11.1. The summed E-state index contributed by atoms with van der Waals surface area (Å²) in [4.78, 5) is 43.0. The van der Waals surface area contributed by atoms with Gasteiger partial charge in [0.2, 0.25) is 0 Å². The predicted molar refractivity (Wildman–Crippen MR) is 149 cm³/mol. The Labute approximate surface area is 226 Å². The van der Waals surface area contributed by atoms with Crippen molar-refractivity contribution in [2.75, 3.05) is 36.4 Å².